The minimum atomic E-state index is -0.641. The van der Waals surface area contributed by atoms with Gasteiger partial charge in [-0.05, 0) is 42.0 Å². The first-order valence-corrected chi connectivity index (χ1v) is 9.40. The summed E-state index contributed by atoms with van der Waals surface area (Å²) in [6, 6.07) is 20.6. The number of hydrogen-bond acceptors (Lipinski definition) is 6. The highest BCUT2D eigenvalue weighted by Gasteiger charge is 2.16. The number of ether oxygens (including phenoxy) is 3. The Labute approximate surface area is 179 Å². The molecule has 7 nitrogen and oxygen atoms in total. The zero-order chi connectivity index (χ0) is 22.2. The molecule has 0 radical (unpaired) electrons. The summed E-state index contributed by atoms with van der Waals surface area (Å²) in [5, 5.41) is 2.69. The van der Waals surface area contributed by atoms with Gasteiger partial charge in [-0.2, -0.15) is 0 Å². The van der Waals surface area contributed by atoms with Gasteiger partial charge in [0.2, 0.25) is 0 Å². The van der Waals surface area contributed by atoms with Gasteiger partial charge in [-0.25, -0.2) is 9.59 Å². The molecule has 0 aliphatic rings. The van der Waals surface area contributed by atoms with Gasteiger partial charge < -0.3 is 19.5 Å². The average molecular weight is 419 g/mol. The molecule has 0 atom stereocenters. The van der Waals surface area contributed by atoms with Crippen molar-refractivity contribution in [3.05, 3.63) is 95.1 Å². The monoisotopic (exact) mass is 419 g/mol. The first-order chi connectivity index (χ1) is 15.0. The van der Waals surface area contributed by atoms with Gasteiger partial charge in [-0.1, -0.05) is 36.4 Å². The Hall–Kier alpha value is -4.13. The molecule has 0 aliphatic carbocycles. The van der Waals surface area contributed by atoms with Crippen molar-refractivity contribution in [1.82, 2.24) is 0 Å². The van der Waals surface area contributed by atoms with E-state index in [1.165, 1.54) is 32.4 Å². The molecule has 0 heterocycles. The third-order valence-electron chi connectivity index (χ3n) is 4.38. The molecule has 0 aromatic heterocycles. The van der Waals surface area contributed by atoms with E-state index in [9.17, 15) is 14.4 Å². The fourth-order valence-corrected chi connectivity index (χ4v) is 2.84. The Morgan fingerprint density at radius 2 is 1.39 bits per heavy atom. The third kappa shape index (κ3) is 5.70. The minimum absolute atomic E-state index is 0.112. The van der Waals surface area contributed by atoms with Crippen LogP contribution in [0.4, 0.5) is 5.69 Å². The molecule has 158 valence electrons. The zero-order valence-corrected chi connectivity index (χ0v) is 17.1. The summed E-state index contributed by atoms with van der Waals surface area (Å²) in [6.07, 6.45) is 0. The fourth-order valence-electron chi connectivity index (χ4n) is 2.84. The van der Waals surface area contributed by atoms with Crippen LogP contribution in [0.15, 0.2) is 72.8 Å². The molecule has 3 aromatic rings. The molecule has 0 bridgehead atoms. The topological polar surface area (TPSA) is 90.9 Å². The SMILES string of the molecule is COC(=O)c1cc(NC(=O)c2cccc(OCc3ccccc3)c2)cc(C(=O)OC)c1. The molecule has 31 heavy (non-hydrogen) atoms. The van der Waals surface area contributed by atoms with Crippen LogP contribution in [0.25, 0.3) is 0 Å². The van der Waals surface area contributed by atoms with Crippen molar-refractivity contribution < 1.29 is 28.6 Å². The third-order valence-corrected chi connectivity index (χ3v) is 4.38. The van der Waals surface area contributed by atoms with E-state index in [4.69, 9.17) is 14.2 Å². The van der Waals surface area contributed by atoms with Gasteiger partial charge in [0.15, 0.2) is 0 Å². The zero-order valence-electron chi connectivity index (χ0n) is 17.1. The predicted molar refractivity (Wildman–Crippen MR) is 114 cm³/mol. The number of carbonyl (C=O) groups is 3. The molecular formula is C24H21NO6. The van der Waals surface area contributed by atoms with Crippen LogP contribution < -0.4 is 10.1 Å². The highest BCUT2D eigenvalue weighted by atomic mass is 16.5. The van der Waals surface area contributed by atoms with E-state index in [-0.39, 0.29) is 16.8 Å². The molecule has 1 amide bonds. The van der Waals surface area contributed by atoms with E-state index in [1.807, 2.05) is 30.3 Å². The maximum Gasteiger partial charge on any atom is 0.337 e. The Morgan fingerprint density at radius 1 is 0.742 bits per heavy atom. The Kier molecular flexibility index (Phi) is 7.01. The van der Waals surface area contributed by atoms with E-state index in [2.05, 4.69) is 5.32 Å². The highest BCUT2D eigenvalue weighted by Crippen LogP contribution is 2.20. The number of nitrogens with one attached hydrogen (secondary N) is 1. The van der Waals surface area contributed by atoms with Crippen LogP contribution in [0, 0.1) is 0 Å². The molecule has 0 saturated heterocycles. The van der Waals surface area contributed by atoms with Crippen molar-refractivity contribution >= 4 is 23.5 Å². The lowest BCUT2D eigenvalue weighted by Gasteiger charge is -2.11. The van der Waals surface area contributed by atoms with Crippen molar-refractivity contribution in [2.24, 2.45) is 0 Å². The van der Waals surface area contributed by atoms with E-state index >= 15 is 0 Å². The molecule has 3 rings (SSSR count). The molecule has 3 aromatic carbocycles. The number of carbonyl (C=O) groups excluding carboxylic acids is 3. The van der Waals surface area contributed by atoms with Gasteiger partial charge in [-0.15, -0.1) is 0 Å². The van der Waals surface area contributed by atoms with Crippen LogP contribution in [0.5, 0.6) is 5.75 Å². The lowest BCUT2D eigenvalue weighted by molar-refractivity contribution is 0.0599. The number of methoxy groups -OCH3 is 2. The minimum Gasteiger partial charge on any atom is -0.489 e. The second kappa shape index (κ2) is 10.1. The van der Waals surface area contributed by atoms with Gasteiger partial charge in [-0.3, -0.25) is 4.79 Å². The fraction of sp³-hybridized carbons (Fsp3) is 0.125. The Morgan fingerprint density at radius 3 is 2.00 bits per heavy atom. The quantitative estimate of drug-likeness (QED) is 0.580. The lowest BCUT2D eigenvalue weighted by Crippen LogP contribution is -2.14. The van der Waals surface area contributed by atoms with Crippen LogP contribution in [0.2, 0.25) is 0 Å². The van der Waals surface area contributed by atoms with E-state index in [1.54, 1.807) is 24.3 Å². The largest absolute Gasteiger partial charge is 0.489 e. The molecule has 0 saturated carbocycles. The van der Waals surface area contributed by atoms with Crippen LogP contribution in [-0.4, -0.2) is 32.1 Å². The highest BCUT2D eigenvalue weighted by molar-refractivity contribution is 6.06. The second-order valence-electron chi connectivity index (χ2n) is 6.54. The summed E-state index contributed by atoms with van der Waals surface area (Å²) < 4.78 is 15.2. The molecule has 0 fully saturated rings. The van der Waals surface area contributed by atoms with Gasteiger partial charge in [0.25, 0.3) is 5.91 Å². The van der Waals surface area contributed by atoms with Crippen molar-refractivity contribution in [2.75, 3.05) is 19.5 Å². The summed E-state index contributed by atoms with van der Waals surface area (Å²) >= 11 is 0. The molecule has 0 aliphatic heterocycles. The standard InChI is InChI=1S/C24H21NO6/c1-29-23(27)18-11-19(24(28)30-2)13-20(12-18)25-22(26)17-9-6-10-21(14-17)31-15-16-7-4-3-5-8-16/h3-14H,15H2,1-2H3,(H,25,26). The van der Waals surface area contributed by atoms with Gasteiger partial charge in [0.05, 0.1) is 25.3 Å². The molecule has 7 heteroatoms. The van der Waals surface area contributed by atoms with Gasteiger partial charge in [0, 0.05) is 11.3 Å². The molecule has 0 unspecified atom stereocenters. The summed E-state index contributed by atoms with van der Waals surface area (Å²) in [4.78, 5) is 36.6. The number of rotatable bonds is 7. The van der Waals surface area contributed by atoms with Crippen molar-refractivity contribution in [3.8, 4) is 5.75 Å². The Balaban J connectivity index is 1.77. The number of benzene rings is 3. The van der Waals surface area contributed by atoms with Crippen molar-refractivity contribution in [2.45, 2.75) is 6.61 Å². The normalized spacial score (nSPS) is 10.1. The number of esters is 2. The molecular weight excluding hydrogens is 398 g/mol. The van der Waals surface area contributed by atoms with Crippen molar-refractivity contribution in [1.29, 1.82) is 0 Å². The van der Waals surface area contributed by atoms with Crippen LogP contribution in [0.1, 0.15) is 36.6 Å². The smallest absolute Gasteiger partial charge is 0.337 e. The van der Waals surface area contributed by atoms with Crippen LogP contribution in [0.3, 0.4) is 0 Å². The van der Waals surface area contributed by atoms with E-state index in [0.717, 1.165) is 5.56 Å². The van der Waals surface area contributed by atoms with Crippen LogP contribution >= 0.6 is 0 Å². The maximum atomic E-state index is 12.7. The van der Waals surface area contributed by atoms with Crippen molar-refractivity contribution in [3.63, 3.8) is 0 Å². The summed E-state index contributed by atoms with van der Waals surface area (Å²) in [5.41, 5.74) is 1.84. The number of anilines is 1. The maximum absolute atomic E-state index is 12.7. The second-order valence-corrected chi connectivity index (χ2v) is 6.54. The Bertz CT molecular complexity index is 1060. The molecule has 0 spiro atoms. The van der Waals surface area contributed by atoms with Crippen LogP contribution in [-0.2, 0) is 16.1 Å². The summed E-state index contributed by atoms with van der Waals surface area (Å²) in [6.45, 7) is 0.371. The number of amides is 1. The van der Waals surface area contributed by atoms with E-state index < -0.39 is 17.8 Å². The van der Waals surface area contributed by atoms with E-state index in [0.29, 0.717) is 17.9 Å². The molecule has 1 N–H and O–H groups in total. The first-order valence-electron chi connectivity index (χ1n) is 9.40. The predicted octanol–water partition coefficient (Wildman–Crippen LogP) is 4.09. The van der Waals surface area contributed by atoms with Gasteiger partial charge >= 0.3 is 11.9 Å². The average Bonchev–Trinajstić information content (AvgIpc) is 2.82. The number of hydrogen-bond donors (Lipinski definition) is 1. The first kappa shape index (κ1) is 21.6. The summed E-state index contributed by atoms with van der Waals surface area (Å²) in [7, 11) is 2.46. The lowest BCUT2D eigenvalue weighted by atomic mass is 10.1. The summed E-state index contributed by atoms with van der Waals surface area (Å²) in [5.74, 6) is -1.17. The van der Waals surface area contributed by atoms with Gasteiger partial charge in [0.1, 0.15) is 12.4 Å².